The van der Waals surface area contributed by atoms with Gasteiger partial charge in [-0.2, -0.15) is 5.26 Å². The highest BCUT2D eigenvalue weighted by Gasteiger charge is 2.50. The first kappa shape index (κ1) is 20.2. The van der Waals surface area contributed by atoms with Crippen molar-refractivity contribution in [1.29, 1.82) is 5.26 Å². The minimum Gasteiger partial charge on any atom is -0.480 e. The summed E-state index contributed by atoms with van der Waals surface area (Å²) in [6.07, 6.45) is 2.92. The lowest BCUT2D eigenvalue weighted by atomic mass is 10.1. The molecule has 0 radical (unpaired) electrons. The second kappa shape index (κ2) is 7.81. The number of carboxylic acid groups (broad SMARTS) is 1. The molecule has 1 aliphatic heterocycles. The molecule has 3 rings (SSSR count). The average molecular weight is 417 g/mol. The van der Waals surface area contributed by atoms with E-state index < -0.39 is 25.0 Å². The Morgan fingerprint density at radius 3 is 2.75 bits per heavy atom. The van der Waals surface area contributed by atoms with Crippen molar-refractivity contribution in [3.8, 4) is 6.07 Å². The van der Waals surface area contributed by atoms with Gasteiger partial charge in [0.2, 0.25) is 7.37 Å². The molecule has 2 N–H and O–H groups in total. The Bertz CT molecular complexity index is 1060. The van der Waals surface area contributed by atoms with E-state index in [1.54, 1.807) is 36.4 Å². The number of allylic oxidation sites excluding steroid dienone is 1. The summed E-state index contributed by atoms with van der Waals surface area (Å²) in [4.78, 5) is 11.9. The smallest absolute Gasteiger partial charge is 0.327 e. The Hall–Kier alpha value is -2.58. The highest BCUT2D eigenvalue weighted by atomic mass is 35.5. The van der Waals surface area contributed by atoms with Crippen LogP contribution in [-0.2, 0) is 13.9 Å². The Kier molecular flexibility index (Phi) is 5.62. The zero-order valence-corrected chi connectivity index (χ0v) is 16.9. The van der Waals surface area contributed by atoms with E-state index in [1.165, 1.54) is 13.2 Å². The Morgan fingerprint density at radius 2 is 2.11 bits per heavy atom. The molecule has 0 bridgehead atoms. The van der Waals surface area contributed by atoms with Crippen molar-refractivity contribution in [2.45, 2.75) is 18.6 Å². The summed E-state index contributed by atoms with van der Waals surface area (Å²) in [7, 11) is -2.35. The van der Waals surface area contributed by atoms with Gasteiger partial charge in [0.25, 0.3) is 0 Å². The molecule has 6 nitrogen and oxygen atoms in total. The molecule has 0 aliphatic carbocycles. The highest BCUT2D eigenvalue weighted by Crippen LogP contribution is 2.64. The molecule has 1 heterocycles. The van der Waals surface area contributed by atoms with Crippen LogP contribution in [0.1, 0.15) is 22.3 Å². The van der Waals surface area contributed by atoms with Crippen LogP contribution in [0.25, 0.3) is 6.08 Å². The number of fused-ring (bicyclic) bond motifs is 1. The number of nitrogens with zero attached hydrogens (tertiary/aromatic N) is 1. The third-order valence-electron chi connectivity index (χ3n) is 4.66. The average Bonchev–Trinajstić information content (AvgIpc) is 3.04. The zero-order valence-electron chi connectivity index (χ0n) is 15.2. The monoisotopic (exact) mass is 416 g/mol. The van der Waals surface area contributed by atoms with Gasteiger partial charge in [0.05, 0.1) is 11.7 Å². The van der Waals surface area contributed by atoms with Crippen LogP contribution in [0.15, 0.2) is 42.5 Å². The summed E-state index contributed by atoms with van der Waals surface area (Å²) in [5.74, 6) is -1.13. The predicted octanol–water partition coefficient (Wildman–Crippen LogP) is 4.36. The van der Waals surface area contributed by atoms with Crippen molar-refractivity contribution in [1.82, 2.24) is 0 Å². The molecule has 2 aromatic carbocycles. The number of halogens is 1. The molecule has 144 valence electrons. The summed E-state index contributed by atoms with van der Waals surface area (Å²) < 4.78 is 19.6. The maximum absolute atomic E-state index is 14.1. The van der Waals surface area contributed by atoms with Gasteiger partial charge in [0.1, 0.15) is 6.04 Å². The second-order valence-electron chi connectivity index (χ2n) is 6.48. The third-order valence-corrected chi connectivity index (χ3v) is 7.72. The van der Waals surface area contributed by atoms with Gasteiger partial charge >= 0.3 is 5.97 Å². The Labute approximate surface area is 167 Å². The summed E-state index contributed by atoms with van der Waals surface area (Å²) in [6.45, 7) is 1.83. The van der Waals surface area contributed by atoms with E-state index in [2.05, 4.69) is 5.32 Å². The van der Waals surface area contributed by atoms with Crippen LogP contribution in [0.4, 0.5) is 5.69 Å². The molecule has 3 unspecified atom stereocenters. The number of nitrogens with one attached hydrogen (secondary N) is 1. The third kappa shape index (κ3) is 3.57. The quantitative estimate of drug-likeness (QED) is 0.555. The molecule has 0 aromatic heterocycles. The van der Waals surface area contributed by atoms with Gasteiger partial charge in [-0.1, -0.05) is 17.7 Å². The number of hydrogen-bond acceptors (Lipinski definition) is 5. The van der Waals surface area contributed by atoms with E-state index >= 15 is 0 Å². The predicted molar refractivity (Wildman–Crippen MR) is 109 cm³/mol. The molecular weight excluding hydrogens is 399 g/mol. The van der Waals surface area contributed by atoms with Crippen molar-refractivity contribution in [2.75, 3.05) is 12.4 Å². The summed E-state index contributed by atoms with van der Waals surface area (Å²) >= 11 is 6.12. The van der Waals surface area contributed by atoms with Gasteiger partial charge < -0.3 is 14.9 Å². The number of benzene rings is 2. The molecule has 28 heavy (non-hydrogen) atoms. The van der Waals surface area contributed by atoms with Crippen molar-refractivity contribution >= 4 is 42.0 Å². The van der Waals surface area contributed by atoms with Crippen LogP contribution >= 0.6 is 19.0 Å². The topological polar surface area (TPSA) is 99.4 Å². The van der Waals surface area contributed by atoms with Crippen LogP contribution in [0.5, 0.6) is 0 Å². The van der Waals surface area contributed by atoms with Crippen LogP contribution in [0.3, 0.4) is 0 Å². The number of hydrogen-bond donors (Lipinski definition) is 2. The number of carboxylic acids is 1. The number of nitriles is 1. The summed E-state index contributed by atoms with van der Waals surface area (Å²) in [5.41, 5.74) is 1.66. The summed E-state index contributed by atoms with van der Waals surface area (Å²) in [6, 6.07) is 10.9. The van der Waals surface area contributed by atoms with Crippen molar-refractivity contribution in [2.24, 2.45) is 0 Å². The molecule has 0 saturated carbocycles. The van der Waals surface area contributed by atoms with Gasteiger partial charge in [-0.05, 0) is 60.0 Å². The molecule has 0 amide bonds. The van der Waals surface area contributed by atoms with Crippen LogP contribution in [0.2, 0.25) is 5.02 Å². The highest BCUT2D eigenvalue weighted by molar-refractivity contribution is 7.67. The van der Waals surface area contributed by atoms with Crippen molar-refractivity contribution in [3.63, 3.8) is 0 Å². The standard InChI is InChI=1S/C20H18ClN2O4P/c1-12-8-13(4-3-7-22)10-15(9-12)28(26,27-2)19-16-11-14(21)5-6-17(16)23-18(19)20(24)25/h3-6,8-11,18-19,23H,1-2H3,(H,24,25)/b4-3+. The fraction of sp³-hybridized carbons (Fsp3) is 0.200. The molecule has 8 heteroatoms. The van der Waals surface area contributed by atoms with E-state index in [-0.39, 0.29) is 0 Å². The van der Waals surface area contributed by atoms with E-state index in [1.807, 2.05) is 19.1 Å². The normalized spacial score (nSPS) is 20.2. The lowest BCUT2D eigenvalue weighted by Gasteiger charge is -2.27. The van der Waals surface area contributed by atoms with Crippen molar-refractivity contribution in [3.05, 3.63) is 64.2 Å². The first-order chi connectivity index (χ1) is 13.3. The van der Waals surface area contributed by atoms with E-state index in [4.69, 9.17) is 21.4 Å². The lowest BCUT2D eigenvalue weighted by Crippen LogP contribution is -2.32. The maximum Gasteiger partial charge on any atom is 0.327 e. The van der Waals surface area contributed by atoms with E-state index in [0.717, 1.165) is 5.56 Å². The van der Waals surface area contributed by atoms with E-state index in [9.17, 15) is 14.5 Å². The first-order valence-corrected chi connectivity index (χ1v) is 10.5. The minimum atomic E-state index is -3.67. The van der Waals surface area contributed by atoms with Gasteiger partial charge in [-0.25, -0.2) is 4.79 Å². The molecule has 0 saturated heterocycles. The van der Waals surface area contributed by atoms with Gasteiger partial charge in [-0.15, -0.1) is 0 Å². The zero-order chi connectivity index (χ0) is 20.5. The molecule has 1 aliphatic rings. The largest absolute Gasteiger partial charge is 0.480 e. The fourth-order valence-electron chi connectivity index (χ4n) is 3.49. The minimum absolute atomic E-state index is 0.387. The lowest BCUT2D eigenvalue weighted by molar-refractivity contribution is -0.137. The van der Waals surface area contributed by atoms with Gasteiger partial charge in [-0.3, -0.25) is 4.57 Å². The van der Waals surface area contributed by atoms with Crippen LogP contribution < -0.4 is 10.6 Å². The van der Waals surface area contributed by atoms with E-state index in [0.29, 0.717) is 27.1 Å². The molecule has 0 fully saturated rings. The number of aliphatic carboxylic acids is 1. The molecule has 2 aromatic rings. The molecule has 0 spiro atoms. The first-order valence-electron chi connectivity index (χ1n) is 8.43. The molecular formula is C20H18ClN2O4P. The SMILES string of the molecule is COP(=O)(c1cc(C)cc(/C=C/C#N)c1)C1c2cc(Cl)ccc2NC1C(=O)O. The van der Waals surface area contributed by atoms with Gasteiger partial charge in [0.15, 0.2) is 0 Å². The maximum atomic E-state index is 14.1. The Morgan fingerprint density at radius 1 is 1.36 bits per heavy atom. The van der Waals surface area contributed by atoms with Gasteiger partial charge in [0, 0.05) is 29.2 Å². The number of anilines is 1. The van der Waals surface area contributed by atoms with Crippen LogP contribution in [0, 0.1) is 18.3 Å². The fourth-order valence-corrected chi connectivity index (χ4v) is 6.32. The molecule has 3 atom stereocenters. The Balaban J connectivity index is 2.21. The van der Waals surface area contributed by atoms with Crippen LogP contribution in [-0.4, -0.2) is 24.2 Å². The number of aryl methyl sites for hydroxylation is 1. The number of carbonyl (C=O) groups is 1. The van der Waals surface area contributed by atoms with Crippen molar-refractivity contribution < 1.29 is 19.0 Å². The summed E-state index contributed by atoms with van der Waals surface area (Å²) in [5, 5.41) is 22.2. The number of rotatable bonds is 5. The second-order valence-corrected chi connectivity index (χ2v) is 9.55.